The highest BCUT2D eigenvalue weighted by Crippen LogP contribution is 2.30. The largest absolute Gasteiger partial charge is 0.374 e. The molecule has 3 rings (SSSR count). The summed E-state index contributed by atoms with van der Waals surface area (Å²) in [5.74, 6) is 0. The Balaban J connectivity index is 2.04. The zero-order chi connectivity index (χ0) is 9.38. The molecule has 2 aromatic rings. The third-order valence-electron chi connectivity index (χ3n) is 2.88. The van der Waals surface area contributed by atoms with E-state index in [1.54, 1.807) is 0 Å². The summed E-state index contributed by atoms with van der Waals surface area (Å²) >= 11 is 0. The van der Waals surface area contributed by atoms with Crippen molar-refractivity contribution in [2.24, 2.45) is 0 Å². The molecule has 72 valence electrons. The second-order valence-electron chi connectivity index (χ2n) is 3.83. The Morgan fingerprint density at radius 3 is 3.14 bits per heavy atom. The Bertz CT molecular complexity index is 440. The third kappa shape index (κ3) is 1.23. The molecule has 1 aliphatic heterocycles. The summed E-state index contributed by atoms with van der Waals surface area (Å²) in [6, 6.07) is 8.62. The number of rotatable bonds is 1. The summed E-state index contributed by atoms with van der Waals surface area (Å²) in [5.41, 5.74) is 2.52. The molecule has 1 atom stereocenters. The van der Waals surface area contributed by atoms with Gasteiger partial charge in [0.25, 0.3) is 0 Å². The van der Waals surface area contributed by atoms with Gasteiger partial charge in [-0.3, -0.25) is 0 Å². The molecular weight excluding hydrogens is 174 g/mol. The van der Waals surface area contributed by atoms with Crippen LogP contribution in [0, 0.1) is 0 Å². The fraction of sp³-hybridized carbons (Fsp3) is 0.333. The van der Waals surface area contributed by atoms with E-state index in [0.29, 0.717) is 6.10 Å². The van der Waals surface area contributed by atoms with Gasteiger partial charge in [0.1, 0.15) is 0 Å². The normalized spacial score (nSPS) is 21.9. The van der Waals surface area contributed by atoms with E-state index >= 15 is 0 Å². The second-order valence-corrected chi connectivity index (χ2v) is 3.83. The van der Waals surface area contributed by atoms with E-state index < -0.39 is 0 Å². The highest BCUT2D eigenvalue weighted by molar-refractivity contribution is 5.80. The van der Waals surface area contributed by atoms with Gasteiger partial charge in [0.15, 0.2) is 0 Å². The molecule has 0 aliphatic carbocycles. The first-order valence-electron chi connectivity index (χ1n) is 5.12. The number of hydrogen-bond donors (Lipinski definition) is 1. The van der Waals surface area contributed by atoms with Crippen molar-refractivity contribution in [2.75, 3.05) is 6.61 Å². The quantitative estimate of drug-likeness (QED) is 0.729. The van der Waals surface area contributed by atoms with Gasteiger partial charge in [0.05, 0.1) is 6.10 Å². The van der Waals surface area contributed by atoms with Crippen LogP contribution < -0.4 is 0 Å². The molecule has 1 aliphatic rings. The lowest BCUT2D eigenvalue weighted by molar-refractivity contribution is 0.112. The SMILES string of the molecule is c1cc2cc([C@H]3CCCO3)ccc2[nH]1. The molecule has 0 saturated carbocycles. The van der Waals surface area contributed by atoms with E-state index in [1.807, 2.05) is 6.20 Å². The van der Waals surface area contributed by atoms with Crippen molar-refractivity contribution >= 4 is 10.9 Å². The number of ether oxygens (including phenoxy) is 1. The van der Waals surface area contributed by atoms with E-state index in [2.05, 4.69) is 29.2 Å². The molecule has 0 radical (unpaired) electrons. The van der Waals surface area contributed by atoms with Crippen LogP contribution in [-0.4, -0.2) is 11.6 Å². The predicted molar refractivity (Wildman–Crippen MR) is 56.2 cm³/mol. The zero-order valence-electron chi connectivity index (χ0n) is 7.99. The number of nitrogens with one attached hydrogen (secondary N) is 1. The minimum Gasteiger partial charge on any atom is -0.374 e. The first-order chi connectivity index (χ1) is 6.93. The van der Waals surface area contributed by atoms with Crippen LogP contribution in [0.5, 0.6) is 0 Å². The molecule has 1 fully saturated rings. The number of aromatic amines is 1. The highest BCUT2D eigenvalue weighted by Gasteiger charge is 2.17. The van der Waals surface area contributed by atoms with Crippen LogP contribution in [0.3, 0.4) is 0 Å². The fourth-order valence-electron chi connectivity index (χ4n) is 2.11. The summed E-state index contributed by atoms with van der Waals surface area (Å²) in [6.45, 7) is 0.913. The third-order valence-corrected chi connectivity index (χ3v) is 2.88. The number of aromatic nitrogens is 1. The molecule has 2 heterocycles. The van der Waals surface area contributed by atoms with E-state index in [1.165, 1.54) is 22.9 Å². The average Bonchev–Trinajstić information content (AvgIpc) is 2.88. The van der Waals surface area contributed by atoms with Gasteiger partial charge in [-0.2, -0.15) is 0 Å². The van der Waals surface area contributed by atoms with Crippen molar-refractivity contribution in [1.29, 1.82) is 0 Å². The van der Waals surface area contributed by atoms with Crippen molar-refractivity contribution in [1.82, 2.24) is 4.98 Å². The van der Waals surface area contributed by atoms with Crippen LogP contribution in [0.25, 0.3) is 10.9 Å². The molecule has 1 aromatic carbocycles. The van der Waals surface area contributed by atoms with Crippen molar-refractivity contribution in [3.05, 3.63) is 36.0 Å². The lowest BCUT2D eigenvalue weighted by Crippen LogP contribution is -1.94. The van der Waals surface area contributed by atoms with E-state index in [-0.39, 0.29) is 0 Å². The van der Waals surface area contributed by atoms with Crippen molar-refractivity contribution in [2.45, 2.75) is 18.9 Å². The van der Waals surface area contributed by atoms with Crippen LogP contribution in [0.1, 0.15) is 24.5 Å². The van der Waals surface area contributed by atoms with Gasteiger partial charge in [-0.15, -0.1) is 0 Å². The van der Waals surface area contributed by atoms with Crippen molar-refractivity contribution < 1.29 is 4.74 Å². The standard InChI is InChI=1S/C12H13NO/c1-2-12(14-7-1)10-3-4-11-9(8-10)5-6-13-11/h3-6,8,12-13H,1-2,7H2/t12-/m1/s1. The molecule has 1 aromatic heterocycles. The van der Waals surface area contributed by atoms with E-state index in [0.717, 1.165) is 13.0 Å². The van der Waals surface area contributed by atoms with Gasteiger partial charge in [0, 0.05) is 18.3 Å². The lowest BCUT2D eigenvalue weighted by Gasteiger charge is -2.09. The Labute approximate surface area is 82.9 Å². The molecular formula is C12H13NO. The Morgan fingerprint density at radius 2 is 2.29 bits per heavy atom. The van der Waals surface area contributed by atoms with Crippen LogP contribution in [0.15, 0.2) is 30.5 Å². The minimum atomic E-state index is 0.328. The Morgan fingerprint density at radius 1 is 1.29 bits per heavy atom. The zero-order valence-corrected chi connectivity index (χ0v) is 7.99. The van der Waals surface area contributed by atoms with Gasteiger partial charge in [-0.1, -0.05) is 6.07 Å². The Kier molecular flexibility index (Phi) is 1.81. The van der Waals surface area contributed by atoms with Crippen LogP contribution in [0.4, 0.5) is 0 Å². The minimum absolute atomic E-state index is 0.328. The highest BCUT2D eigenvalue weighted by atomic mass is 16.5. The molecule has 0 unspecified atom stereocenters. The topological polar surface area (TPSA) is 25.0 Å². The molecule has 0 amide bonds. The second kappa shape index (κ2) is 3.14. The summed E-state index contributed by atoms with van der Waals surface area (Å²) < 4.78 is 5.65. The average molecular weight is 187 g/mol. The van der Waals surface area contributed by atoms with Gasteiger partial charge in [0.2, 0.25) is 0 Å². The van der Waals surface area contributed by atoms with Crippen molar-refractivity contribution in [3.63, 3.8) is 0 Å². The summed E-state index contributed by atoms with van der Waals surface area (Å²) in [4.78, 5) is 3.20. The maximum absolute atomic E-state index is 5.65. The molecule has 2 heteroatoms. The molecule has 14 heavy (non-hydrogen) atoms. The first kappa shape index (κ1) is 8.06. The van der Waals surface area contributed by atoms with E-state index in [4.69, 9.17) is 4.74 Å². The lowest BCUT2D eigenvalue weighted by atomic mass is 10.1. The number of H-pyrrole nitrogens is 1. The first-order valence-corrected chi connectivity index (χ1v) is 5.12. The Hall–Kier alpha value is -1.28. The molecule has 0 bridgehead atoms. The van der Waals surface area contributed by atoms with Crippen LogP contribution in [0.2, 0.25) is 0 Å². The van der Waals surface area contributed by atoms with Gasteiger partial charge >= 0.3 is 0 Å². The van der Waals surface area contributed by atoms with Crippen LogP contribution in [-0.2, 0) is 4.74 Å². The van der Waals surface area contributed by atoms with Gasteiger partial charge in [-0.05, 0) is 42.0 Å². The maximum Gasteiger partial charge on any atom is 0.0826 e. The smallest absolute Gasteiger partial charge is 0.0826 e. The van der Waals surface area contributed by atoms with E-state index in [9.17, 15) is 0 Å². The van der Waals surface area contributed by atoms with Crippen molar-refractivity contribution in [3.8, 4) is 0 Å². The number of benzene rings is 1. The maximum atomic E-state index is 5.65. The predicted octanol–water partition coefficient (Wildman–Crippen LogP) is 3.02. The monoisotopic (exact) mass is 187 g/mol. The fourth-order valence-corrected chi connectivity index (χ4v) is 2.11. The van der Waals surface area contributed by atoms with Gasteiger partial charge < -0.3 is 9.72 Å². The van der Waals surface area contributed by atoms with Gasteiger partial charge in [-0.25, -0.2) is 0 Å². The molecule has 1 saturated heterocycles. The number of hydrogen-bond acceptors (Lipinski definition) is 1. The molecule has 0 spiro atoms. The summed E-state index contributed by atoms with van der Waals surface area (Å²) in [7, 11) is 0. The number of fused-ring (bicyclic) bond motifs is 1. The molecule has 1 N–H and O–H groups in total. The summed E-state index contributed by atoms with van der Waals surface area (Å²) in [6.07, 6.45) is 4.66. The summed E-state index contributed by atoms with van der Waals surface area (Å²) in [5, 5.41) is 1.28. The van der Waals surface area contributed by atoms with Crippen LogP contribution >= 0.6 is 0 Å². The molecule has 2 nitrogen and oxygen atoms in total.